The monoisotopic (exact) mass is 472 g/mol. The number of nitrogens with zero attached hydrogens (tertiary/aromatic N) is 4. The van der Waals surface area contributed by atoms with Gasteiger partial charge in [-0.25, -0.2) is 0 Å². The molecule has 0 radical (unpaired) electrons. The molecule has 0 unspecified atom stereocenters. The van der Waals surface area contributed by atoms with Gasteiger partial charge in [0.1, 0.15) is 0 Å². The third-order valence-corrected chi connectivity index (χ3v) is 6.90. The van der Waals surface area contributed by atoms with Crippen LogP contribution in [0.2, 0.25) is 0 Å². The molecule has 1 amide bonds. The number of amides is 1. The summed E-state index contributed by atoms with van der Waals surface area (Å²) < 4.78 is 46.4. The number of carbonyl (C=O) groups excluding carboxylic acids is 1. The maximum Gasteiger partial charge on any atom is 0.417 e. The number of pyridine rings is 1. The number of benzene rings is 1. The first kappa shape index (κ1) is 24.0. The summed E-state index contributed by atoms with van der Waals surface area (Å²) in [4.78, 5) is 21.1. The summed E-state index contributed by atoms with van der Waals surface area (Å²) in [5.74, 6) is 0.0715. The lowest BCUT2D eigenvalue weighted by atomic mass is 9.73. The number of hydrogen-bond acceptors (Lipinski definition) is 5. The maximum absolute atomic E-state index is 13.5. The highest BCUT2D eigenvalue weighted by atomic mass is 19.4. The first-order valence-electron chi connectivity index (χ1n) is 11.3. The number of nitriles is 1. The van der Waals surface area contributed by atoms with Gasteiger partial charge in [-0.3, -0.25) is 9.78 Å². The van der Waals surface area contributed by atoms with Gasteiger partial charge in [-0.2, -0.15) is 18.4 Å². The van der Waals surface area contributed by atoms with Crippen molar-refractivity contribution in [1.82, 2.24) is 9.88 Å². The number of likely N-dealkylation sites (tertiary alicyclic amines) is 1. The van der Waals surface area contributed by atoms with Gasteiger partial charge in [-0.15, -0.1) is 0 Å². The molecule has 2 atom stereocenters. The van der Waals surface area contributed by atoms with E-state index in [0.717, 1.165) is 18.2 Å². The molecule has 2 aliphatic rings. The average Bonchev–Trinajstić information content (AvgIpc) is 3.21. The van der Waals surface area contributed by atoms with E-state index >= 15 is 0 Å². The van der Waals surface area contributed by atoms with Crippen LogP contribution >= 0.6 is 0 Å². The van der Waals surface area contributed by atoms with E-state index in [2.05, 4.69) is 4.98 Å². The van der Waals surface area contributed by atoms with Gasteiger partial charge in [-0.05, 0) is 56.5 Å². The van der Waals surface area contributed by atoms with Crippen LogP contribution in [0, 0.1) is 29.6 Å². The molecule has 0 bridgehead atoms. The summed E-state index contributed by atoms with van der Waals surface area (Å²) in [6, 6.07) is 9.07. The third-order valence-electron chi connectivity index (χ3n) is 6.90. The van der Waals surface area contributed by atoms with Crippen LogP contribution in [0.1, 0.15) is 40.5 Å². The molecule has 2 aliphatic heterocycles. The largest absolute Gasteiger partial charge is 0.417 e. The number of aromatic nitrogens is 1. The van der Waals surface area contributed by atoms with E-state index < -0.39 is 17.2 Å². The van der Waals surface area contributed by atoms with E-state index in [1.807, 2.05) is 23.6 Å². The standard InChI is InChI=1S/C25H27F3N4O2/c1-3-34-16-24-14-31(23(33)19-5-4-17(2)30-12-19)9-8-20(24)13-32(15-24)21-7-6-18(11-29)22(10-21)25(26,27)28/h4-7,10,12,20H,3,8-9,13-16H2,1-2H3/t20-,24+/m0/s1. The molecule has 1 aromatic heterocycles. The molecule has 34 heavy (non-hydrogen) atoms. The second kappa shape index (κ2) is 9.26. The minimum Gasteiger partial charge on any atom is -0.381 e. The molecule has 180 valence electrons. The van der Waals surface area contributed by atoms with E-state index in [1.165, 1.54) is 6.07 Å². The van der Waals surface area contributed by atoms with Crippen molar-refractivity contribution < 1.29 is 22.7 Å². The Labute approximate surface area is 196 Å². The lowest BCUT2D eigenvalue weighted by Crippen LogP contribution is -2.53. The Bertz CT molecular complexity index is 1100. The summed E-state index contributed by atoms with van der Waals surface area (Å²) in [6.07, 6.45) is -2.30. The number of ether oxygens (including phenoxy) is 1. The van der Waals surface area contributed by atoms with Crippen LogP contribution in [0.5, 0.6) is 0 Å². The van der Waals surface area contributed by atoms with Crippen LogP contribution < -0.4 is 4.90 Å². The quantitative estimate of drug-likeness (QED) is 0.650. The van der Waals surface area contributed by atoms with Crippen molar-refractivity contribution in [1.29, 1.82) is 5.26 Å². The maximum atomic E-state index is 13.5. The van der Waals surface area contributed by atoms with Gasteiger partial charge in [0.2, 0.25) is 0 Å². The Morgan fingerprint density at radius 2 is 2.09 bits per heavy atom. The van der Waals surface area contributed by atoms with Crippen LogP contribution in [-0.4, -0.2) is 55.2 Å². The van der Waals surface area contributed by atoms with Crippen LogP contribution in [0.3, 0.4) is 0 Å². The van der Waals surface area contributed by atoms with Crippen molar-refractivity contribution in [2.75, 3.05) is 44.3 Å². The molecule has 0 spiro atoms. The topological polar surface area (TPSA) is 69.5 Å². The van der Waals surface area contributed by atoms with Crippen LogP contribution in [0.25, 0.3) is 0 Å². The minimum absolute atomic E-state index is 0.0991. The first-order valence-corrected chi connectivity index (χ1v) is 11.3. The number of alkyl halides is 3. The minimum atomic E-state index is -4.61. The highest BCUT2D eigenvalue weighted by Gasteiger charge is 2.51. The molecule has 4 rings (SSSR count). The van der Waals surface area contributed by atoms with Gasteiger partial charge in [0.05, 0.1) is 29.4 Å². The normalized spacial score (nSPS) is 22.4. The third kappa shape index (κ3) is 4.60. The lowest BCUT2D eigenvalue weighted by Gasteiger charge is -2.43. The number of rotatable bonds is 5. The van der Waals surface area contributed by atoms with Crippen molar-refractivity contribution in [2.45, 2.75) is 26.4 Å². The molecule has 0 N–H and O–H groups in total. The van der Waals surface area contributed by atoms with E-state index in [-0.39, 0.29) is 17.4 Å². The van der Waals surface area contributed by atoms with Gasteiger partial charge >= 0.3 is 6.18 Å². The molecule has 2 saturated heterocycles. The Morgan fingerprint density at radius 1 is 1.29 bits per heavy atom. The number of piperidine rings is 1. The van der Waals surface area contributed by atoms with Crippen molar-refractivity contribution in [3.63, 3.8) is 0 Å². The predicted octanol–water partition coefficient (Wildman–Crippen LogP) is 4.29. The zero-order valence-electron chi connectivity index (χ0n) is 19.2. The van der Waals surface area contributed by atoms with Crippen molar-refractivity contribution in [3.05, 3.63) is 58.9 Å². The number of aryl methyl sites for hydroxylation is 1. The Kier molecular flexibility index (Phi) is 6.54. The summed E-state index contributed by atoms with van der Waals surface area (Å²) in [7, 11) is 0. The first-order chi connectivity index (χ1) is 16.2. The van der Waals surface area contributed by atoms with E-state index in [0.29, 0.717) is 50.6 Å². The molecule has 6 nitrogen and oxygen atoms in total. The molecular weight excluding hydrogens is 445 g/mol. The van der Waals surface area contributed by atoms with Gasteiger partial charge in [0.15, 0.2) is 0 Å². The second-order valence-corrected chi connectivity index (χ2v) is 9.12. The lowest BCUT2D eigenvalue weighted by molar-refractivity contribution is -0.137. The summed E-state index contributed by atoms with van der Waals surface area (Å²) in [6.45, 7) is 6.77. The van der Waals surface area contributed by atoms with Crippen molar-refractivity contribution in [2.24, 2.45) is 11.3 Å². The number of halogens is 3. The fourth-order valence-electron chi connectivity index (χ4n) is 5.10. The van der Waals surface area contributed by atoms with Gasteiger partial charge in [0, 0.05) is 55.8 Å². The Hall–Kier alpha value is -3.12. The molecular formula is C25H27F3N4O2. The average molecular weight is 473 g/mol. The van der Waals surface area contributed by atoms with E-state index in [1.54, 1.807) is 30.5 Å². The van der Waals surface area contributed by atoms with Gasteiger partial charge < -0.3 is 14.5 Å². The molecule has 0 aliphatic carbocycles. The van der Waals surface area contributed by atoms with Crippen LogP contribution in [0.4, 0.5) is 18.9 Å². The van der Waals surface area contributed by atoms with Crippen LogP contribution in [-0.2, 0) is 10.9 Å². The highest BCUT2D eigenvalue weighted by molar-refractivity contribution is 5.94. The molecule has 9 heteroatoms. The SMILES string of the molecule is CCOC[C@]12CN(C(=O)c3ccc(C)nc3)CC[C@H]1CN(c1ccc(C#N)c(C(F)(F)F)c1)C2. The molecule has 1 aromatic carbocycles. The summed E-state index contributed by atoms with van der Waals surface area (Å²) >= 11 is 0. The number of carbonyl (C=O) groups is 1. The predicted molar refractivity (Wildman–Crippen MR) is 120 cm³/mol. The number of fused-ring (bicyclic) bond motifs is 1. The Morgan fingerprint density at radius 3 is 2.74 bits per heavy atom. The van der Waals surface area contributed by atoms with Crippen molar-refractivity contribution >= 4 is 11.6 Å². The fraction of sp³-hybridized carbons (Fsp3) is 0.480. The smallest absolute Gasteiger partial charge is 0.381 e. The molecule has 2 aromatic rings. The Balaban J connectivity index is 1.61. The second-order valence-electron chi connectivity index (χ2n) is 9.12. The van der Waals surface area contributed by atoms with Crippen LogP contribution in [0.15, 0.2) is 36.5 Å². The van der Waals surface area contributed by atoms with Gasteiger partial charge in [-0.1, -0.05) is 0 Å². The molecule has 3 heterocycles. The zero-order valence-corrected chi connectivity index (χ0v) is 19.2. The molecule has 2 fully saturated rings. The van der Waals surface area contributed by atoms with Gasteiger partial charge in [0.25, 0.3) is 5.91 Å². The van der Waals surface area contributed by atoms with E-state index in [4.69, 9.17) is 10.00 Å². The fourth-order valence-corrected chi connectivity index (χ4v) is 5.10. The molecule has 0 saturated carbocycles. The number of anilines is 1. The summed E-state index contributed by atoms with van der Waals surface area (Å²) in [5, 5.41) is 9.11. The highest BCUT2D eigenvalue weighted by Crippen LogP contribution is 2.45. The van der Waals surface area contributed by atoms with E-state index in [9.17, 15) is 18.0 Å². The summed E-state index contributed by atoms with van der Waals surface area (Å²) in [5.41, 5.74) is 0.0685. The van der Waals surface area contributed by atoms with Crippen molar-refractivity contribution in [3.8, 4) is 6.07 Å². The zero-order chi connectivity index (χ0) is 24.5. The number of hydrogen-bond donors (Lipinski definition) is 0.